The van der Waals surface area contributed by atoms with Crippen LogP contribution in [0.5, 0.6) is 5.75 Å². The van der Waals surface area contributed by atoms with E-state index in [1.54, 1.807) is 12.1 Å². The number of hydrogen-bond acceptors (Lipinski definition) is 1. The molecular weight excluding hydrogens is 234 g/mol. The van der Waals surface area contributed by atoms with Gasteiger partial charge in [-0.25, -0.2) is 0 Å². The van der Waals surface area contributed by atoms with Crippen LogP contribution in [0.25, 0.3) is 22.2 Å². The Bertz CT molecular complexity index is 695. The first-order chi connectivity index (χ1) is 9.26. The molecule has 0 bridgehead atoms. The van der Waals surface area contributed by atoms with Crippen LogP contribution in [0.1, 0.15) is 18.9 Å². The lowest BCUT2D eigenvalue weighted by atomic mass is 10.1. The maximum absolute atomic E-state index is 9.49. The first kappa shape index (κ1) is 11.8. The number of nitrogens with one attached hydrogen (secondary N) is 1. The zero-order chi connectivity index (χ0) is 13.2. The van der Waals surface area contributed by atoms with E-state index in [1.165, 1.54) is 17.5 Å². The van der Waals surface area contributed by atoms with Gasteiger partial charge in [0.15, 0.2) is 0 Å². The van der Waals surface area contributed by atoms with Gasteiger partial charge < -0.3 is 10.1 Å². The lowest BCUT2D eigenvalue weighted by molar-refractivity contribution is 0.476. The fourth-order valence-corrected chi connectivity index (χ4v) is 2.41. The van der Waals surface area contributed by atoms with Gasteiger partial charge in [-0.1, -0.05) is 37.6 Å². The topological polar surface area (TPSA) is 36.0 Å². The first-order valence-electron chi connectivity index (χ1n) is 6.67. The molecule has 96 valence electrons. The van der Waals surface area contributed by atoms with Crippen molar-refractivity contribution in [3.63, 3.8) is 0 Å². The quantitative estimate of drug-likeness (QED) is 0.706. The molecule has 0 fully saturated rings. The molecule has 0 aliphatic carbocycles. The highest BCUT2D eigenvalue weighted by Gasteiger charge is 2.04. The highest BCUT2D eigenvalue weighted by Crippen LogP contribution is 2.26. The Labute approximate surface area is 112 Å². The summed E-state index contributed by atoms with van der Waals surface area (Å²) in [4.78, 5) is 3.34. The Morgan fingerprint density at radius 3 is 2.53 bits per heavy atom. The summed E-state index contributed by atoms with van der Waals surface area (Å²) in [7, 11) is 0. The van der Waals surface area contributed by atoms with Gasteiger partial charge in [-0.3, -0.25) is 0 Å². The molecular formula is C17H17NO. The number of phenolic OH excluding ortho intramolecular Hbond substituents is 1. The second kappa shape index (κ2) is 4.81. The van der Waals surface area contributed by atoms with Gasteiger partial charge in [0.25, 0.3) is 0 Å². The summed E-state index contributed by atoms with van der Waals surface area (Å²) in [6.07, 6.45) is 2.30. The highest BCUT2D eigenvalue weighted by atomic mass is 16.3. The van der Waals surface area contributed by atoms with Crippen LogP contribution in [0.2, 0.25) is 0 Å². The highest BCUT2D eigenvalue weighted by molar-refractivity contribution is 5.86. The second-order valence-corrected chi connectivity index (χ2v) is 4.90. The third-order valence-corrected chi connectivity index (χ3v) is 3.41. The molecule has 2 nitrogen and oxygen atoms in total. The van der Waals surface area contributed by atoms with Gasteiger partial charge in [0.2, 0.25) is 0 Å². The Balaban J connectivity index is 1.99. The van der Waals surface area contributed by atoms with Gasteiger partial charge in [-0.15, -0.1) is 0 Å². The van der Waals surface area contributed by atoms with Gasteiger partial charge >= 0.3 is 0 Å². The van der Waals surface area contributed by atoms with Crippen LogP contribution in [0.4, 0.5) is 0 Å². The minimum atomic E-state index is 0.291. The van der Waals surface area contributed by atoms with E-state index >= 15 is 0 Å². The van der Waals surface area contributed by atoms with Gasteiger partial charge in [0.1, 0.15) is 5.75 Å². The van der Waals surface area contributed by atoms with Crippen LogP contribution < -0.4 is 0 Å². The molecule has 3 aromatic rings. The number of H-pyrrole nitrogens is 1. The average Bonchev–Trinajstić information content (AvgIpc) is 2.83. The molecule has 2 heteroatoms. The fourth-order valence-electron chi connectivity index (χ4n) is 2.41. The molecule has 0 unspecified atom stereocenters. The van der Waals surface area contributed by atoms with E-state index in [-0.39, 0.29) is 0 Å². The van der Waals surface area contributed by atoms with Gasteiger partial charge in [-0.2, -0.15) is 0 Å². The SMILES string of the molecule is CCCc1ccc(-c2cc3ccc(O)cc3[nH]2)cc1. The standard InChI is InChI=1S/C17H17NO/c1-2-3-12-4-6-13(7-5-12)16-10-14-8-9-15(19)11-17(14)18-16/h4-11,18-19H,2-3H2,1H3. The maximum atomic E-state index is 9.49. The van der Waals surface area contributed by atoms with Crippen molar-refractivity contribution in [3.8, 4) is 17.0 Å². The predicted molar refractivity (Wildman–Crippen MR) is 79.4 cm³/mol. The molecule has 0 aliphatic heterocycles. The summed E-state index contributed by atoms with van der Waals surface area (Å²) in [5, 5.41) is 10.6. The van der Waals surface area contributed by atoms with Crippen molar-refractivity contribution < 1.29 is 5.11 Å². The summed E-state index contributed by atoms with van der Waals surface area (Å²) in [6, 6.07) is 16.2. The van der Waals surface area contributed by atoms with Gasteiger partial charge in [-0.05, 0) is 35.7 Å². The van der Waals surface area contributed by atoms with Crippen LogP contribution in [-0.2, 0) is 6.42 Å². The Morgan fingerprint density at radius 2 is 1.79 bits per heavy atom. The predicted octanol–water partition coefficient (Wildman–Crippen LogP) is 4.49. The molecule has 0 radical (unpaired) electrons. The Kier molecular flexibility index (Phi) is 3.00. The Morgan fingerprint density at radius 1 is 1.00 bits per heavy atom. The molecule has 2 aromatic carbocycles. The van der Waals surface area contributed by atoms with Crippen molar-refractivity contribution in [2.24, 2.45) is 0 Å². The van der Waals surface area contributed by atoms with Crippen LogP contribution in [0.3, 0.4) is 0 Å². The molecule has 0 saturated heterocycles. The van der Waals surface area contributed by atoms with Crippen molar-refractivity contribution in [2.45, 2.75) is 19.8 Å². The zero-order valence-electron chi connectivity index (χ0n) is 11.0. The molecule has 1 aromatic heterocycles. The van der Waals surface area contributed by atoms with E-state index in [0.29, 0.717) is 5.75 Å². The zero-order valence-corrected chi connectivity index (χ0v) is 11.0. The van der Waals surface area contributed by atoms with Gasteiger partial charge in [0.05, 0.1) is 0 Å². The van der Waals surface area contributed by atoms with E-state index in [1.807, 2.05) is 6.07 Å². The molecule has 19 heavy (non-hydrogen) atoms. The summed E-state index contributed by atoms with van der Waals surface area (Å²) in [5.41, 5.74) is 4.60. The summed E-state index contributed by atoms with van der Waals surface area (Å²) < 4.78 is 0. The number of aromatic amines is 1. The number of benzene rings is 2. The third-order valence-electron chi connectivity index (χ3n) is 3.41. The number of aromatic hydroxyl groups is 1. The normalized spacial score (nSPS) is 11.0. The lowest BCUT2D eigenvalue weighted by Gasteiger charge is -2.01. The van der Waals surface area contributed by atoms with Crippen molar-refractivity contribution in [1.29, 1.82) is 0 Å². The summed E-state index contributed by atoms with van der Waals surface area (Å²) in [5.74, 6) is 0.291. The largest absolute Gasteiger partial charge is 0.508 e. The Hall–Kier alpha value is -2.22. The molecule has 0 spiro atoms. The fraction of sp³-hybridized carbons (Fsp3) is 0.176. The van der Waals surface area contributed by atoms with Crippen LogP contribution in [0.15, 0.2) is 48.5 Å². The lowest BCUT2D eigenvalue weighted by Crippen LogP contribution is -1.83. The first-order valence-corrected chi connectivity index (χ1v) is 6.67. The van der Waals surface area contributed by atoms with E-state index in [0.717, 1.165) is 23.0 Å². The maximum Gasteiger partial charge on any atom is 0.117 e. The van der Waals surface area contributed by atoms with Crippen molar-refractivity contribution in [3.05, 3.63) is 54.1 Å². The molecule has 0 atom stereocenters. The van der Waals surface area contributed by atoms with E-state index in [2.05, 4.69) is 42.2 Å². The minimum absolute atomic E-state index is 0.291. The molecule has 3 rings (SSSR count). The number of rotatable bonds is 3. The van der Waals surface area contributed by atoms with Crippen molar-refractivity contribution >= 4 is 10.9 Å². The number of hydrogen-bond donors (Lipinski definition) is 2. The van der Waals surface area contributed by atoms with E-state index in [4.69, 9.17) is 0 Å². The monoisotopic (exact) mass is 251 g/mol. The summed E-state index contributed by atoms with van der Waals surface area (Å²) >= 11 is 0. The third kappa shape index (κ3) is 2.34. The molecule has 0 saturated carbocycles. The summed E-state index contributed by atoms with van der Waals surface area (Å²) in [6.45, 7) is 2.19. The molecule has 2 N–H and O–H groups in total. The van der Waals surface area contributed by atoms with E-state index < -0.39 is 0 Å². The van der Waals surface area contributed by atoms with E-state index in [9.17, 15) is 5.11 Å². The smallest absolute Gasteiger partial charge is 0.117 e. The van der Waals surface area contributed by atoms with Crippen LogP contribution in [-0.4, -0.2) is 10.1 Å². The number of phenols is 1. The van der Waals surface area contributed by atoms with Crippen molar-refractivity contribution in [1.82, 2.24) is 4.98 Å². The second-order valence-electron chi connectivity index (χ2n) is 4.90. The number of aryl methyl sites for hydroxylation is 1. The average molecular weight is 251 g/mol. The number of aromatic nitrogens is 1. The molecule has 1 heterocycles. The number of fused-ring (bicyclic) bond motifs is 1. The van der Waals surface area contributed by atoms with Crippen LogP contribution >= 0.6 is 0 Å². The van der Waals surface area contributed by atoms with Gasteiger partial charge in [0, 0.05) is 22.7 Å². The molecule has 0 aliphatic rings. The minimum Gasteiger partial charge on any atom is -0.508 e. The molecule has 0 amide bonds. The van der Waals surface area contributed by atoms with Crippen LogP contribution in [0, 0.1) is 0 Å². The van der Waals surface area contributed by atoms with Crippen molar-refractivity contribution in [2.75, 3.05) is 0 Å².